The van der Waals surface area contributed by atoms with Crippen LogP contribution in [-0.4, -0.2) is 0 Å². The molecule has 0 bridgehead atoms. The van der Waals surface area contributed by atoms with Crippen LogP contribution in [0.3, 0.4) is 0 Å². The molecule has 6 rings (SSSR count). The Morgan fingerprint density at radius 3 is 2.24 bits per heavy atom. The van der Waals surface area contributed by atoms with Gasteiger partial charge in [0.1, 0.15) is 0 Å². The highest BCUT2D eigenvalue weighted by Gasteiger charge is 2.39. The van der Waals surface area contributed by atoms with Gasteiger partial charge in [-0.1, -0.05) is 163 Å². The van der Waals surface area contributed by atoms with Crippen LogP contribution >= 0.6 is 0 Å². The maximum Gasteiger partial charge on any atom is 0.0159 e. The predicted octanol–water partition coefficient (Wildman–Crippen LogP) is 14.5. The van der Waals surface area contributed by atoms with E-state index >= 15 is 0 Å². The van der Waals surface area contributed by atoms with E-state index in [2.05, 4.69) is 172 Å². The third-order valence-corrected chi connectivity index (χ3v) is 11.8. The van der Waals surface area contributed by atoms with Crippen LogP contribution in [0.4, 0.5) is 0 Å². The molecule has 4 aromatic rings. The van der Waals surface area contributed by atoms with Crippen molar-refractivity contribution >= 4 is 23.3 Å². The largest absolute Gasteiger partial charge is 0.0990 e. The molecule has 0 heterocycles. The summed E-state index contributed by atoms with van der Waals surface area (Å²) in [7, 11) is 0. The summed E-state index contributed by atoms with van der Waals surface area (Å²) in [4.78, 5) is 0. The number of hydrogen-bond donors (Lipinski definition) is 0. The maximum atomic E-state index is 4.25. The van der Waals surface area contributed by atoms with Crippen LogP contribution in [0.2, 0.25) is 0 Å². The molecule has 258 valence electrons. The van der Waals surface area contributed by atoms with Crippen molar-refractivity contribution in [1.82, 2.24) is 0 Å². The fourth-order valence-corrected chi connectivity index (χ4v) is 9.29. The summed E-state index contributed by atoms with van der Waals surface area (Å²) in [6.07, 6.45) is 15.8. The van der Waals surface area contributed by atoms with Crippen molar-refractivity contribution in [3.8, 4) is 11.1 Å². The Hall–Kier alpha value is -4.94. The van der Waals surface area contributed by atoms with E-state index in [9.17, 15) is 0 Å². The van der Waals surface area contributed by atoms with E-state index < -0.39 is 0 Å². The molecule has 0 saturated carbocycles. The first kappa shape index (κ1) is 35.9. The van der Waals surface area contributed by atoms with Gasteiger partial charge in [0.05, 0.1) is 0 Å². The van der Waals surface area contributed by atoms with Gasteiger partial charge in [0.15, 0.2) is 0 Å². The van der Waals surface area contributed by atoms with Crippen molar-refractivity contribution in [2.24, 2.45) is 0 Å². The molecule has 4 aromatic carbocycles. The number of benzene rings is 4. The van der Waals surface area contributed by atoms with Gasteiger partial charge in [0.2, 0.25) is 0 Å². The number of rotatable bonds is 11. The van der Waals surface area contributed by atoms with Gasteiger partial charge in [-0.15, -0.1) is 0 Å². The van der Waals surface area contributed by atoms with Crippen LogP contribution in [0.15, 0.2) is 134 Å². The van der Waals surface area contributed by atoms with Gasteiger partial charge in [0.25, 0.3) is 0 Å². The summed E-state index contributed by atoms with van der Waals surface area (Å²) in [6, 6.07) is 27.9. The normalized spacial score (nSPS) is 17.6. The van der Waals surface area contributed by atoms with Gasteiger partial charge in [-0.2, -0.15) is 0 Å². The zero-order valence-electron chi connectivity index (χ0n) is 32.0. The lowest BCUT2D eigenvalue weighted by atomic mass is 9.71. The monoisotopic (exact) mass is 666 g/mol. The summed E-state index contributed by atoms with van der Waals surface area (Å²) >= 11 is 0. The Bertz CT molecular complexity index is 2170. The number of hydrogen-bond acceptors (Lipinski definition) is 0. The SMILES string of the molecule is C=C/C=C(\C=C/C)c1cccc(C(/C(=C/C)C2=C(C)c3ccccc3C2CC)C(C)c2ccc3c(c2)C(C)(C)c2cc(C)c(C=C)c(C=C)c2-3)c1. The summed E-state index contributed by atoms with van der Waals surface area (Å²) in [5.41, 5.74) is 21.1. The molecular weight excluding hydrogens is 613 g/mol. The van der Waals surface area contributed by atoms with Crippen LogP contribution in [-0.2, 0) is 5.41 Å². The molecule has 3 atom stereocenters. The molecule has 0 radical (unpaired) electrons. The molecule has 0 nitrogen and oxygen atoms in total. The lowest BCUT2D eigenvalue weighted by Crippen LogP contribution is -2.18. The highest BCUT2D eigenvalue weighted by Crippen LogP contribution is 2.55. The quantitative estimate of drug-likeness (QED) is 0.140. The minimum Gasteiger partial charge on any atom is -0.0990 e. The molecule has 0 N–H and O–H groups in total. The minimum atomic E-state index is -0.141. The van der Waals surface area contributed by atoms with Crippen LogP contribution in [0, 0.1) is 6.92 Å². The van der Waals surface area contributed by atoms with Gasteiger partial charge in [-0.05, 0) is 129 Å². The van der Waals surface area contributed by atoms with E-state index in [0.717, 1.165) is 6.42 Å². The fraction of sp³-hybridized carbons (Fsp3) is 0.255. The zero-order chi connectivity index (χ0) is 36.6. The smallest absolute Gasteiger partial charge is 0.0159 e. The Kier molecular flexibility index (Phi) is 10.1. The van der Waals surface area contributed by atoms with E-state index in [1.165, 1.54) is 89.1 Å². The predicted molar refractivity (Wildman–Crippen MR) is 225 cm³/mol. The fourth-order valence-electron chi connectivity index (χ4n) is 9.29. The highest BCUT2D eigenvalue weighted by atomic mass is 14.4. The second kappa shape index (κ2) is 14.4. The Labute approximate surface area is 308 Å². The standard InChI is InChI=1S/C51H54/c1-12-21-35(22-13-2)37-23-20-24-38(30-37)48(42(17-6)49-34(9)43-25-18-19-26-44(43)41(49)16-5)33(8)36-27-28-45-46(31-36)51(10,11)47-29-32(7)39(14-3)40(15-4)50(45)47/h12-15,17-31,33,41,48H,1,3-4,16H2,2,5-11H3/b22-13-,35-21+,42-17-. The first-order valence-electron chi connectivity index (χ1n) is 18.7. The van der Waals surface area contributed by atoms with Gasteiger partial charge >= 0.3 is 0 Å². The Morgan fingerprint density at radius 2 is 1.57 bits per heavy atom. The maximum absolute atomic E-state index is 4.25. The second-order valence-corrected chi connectivity index (χ2v) is 14.9. The van der Waals surface area contributed by atoms with Gasteiger partial charge < -0.3 is 0 Å². The third-order valence-electron chi connectivity index (χ3n) is 11.8. The van der Waals surface area contributed by atoms with Gasteiger partial charge in [0, 0.05) is 17.3 Å². The lowest BCUT2D eigenvalue weighted by Gasteiger charge is -2.32. The molecule has 51 heavy (non-hydrogen) atoms. The van der Waals surface area contributed by atoms with Crippen molar-refractivity contribution in [1.29, 1.82) is 0 Å². The van der Waals surface area contributed by atoms with E-state index in [-0.39, 0.29) is 17.3 Å². The van der Waals surface area contributed by atoms with E-state index in [4.69, 9.17) is 0 Å². The summed E-state index contributed by atoms with van der Waals surface area (Å²) in [5, 5.41) is 0. The topological polar surface area (TPSA) is 0 Å². The van der Waals surface area contributed by atoms with Crippen molar-refractivity contribution in [3.05, 3.63) is 190 Å². The first-order valence-corrected chi connectivity index (χ1v) is 18.7. The van der Waals surface area contributed by atoms with Crippen LogP contribution < -0.4 is 0 Å². The van der Waals surface area contributed by atoms with Crippen LogP contribution in [0.5, 0.6) is 0 Å². The van der Waals surface area contributed by atoms with Crippen molar-refractivity contribution in [2.45, 2.75) is 85.0 Å². The van der Waals surface area contributed by atoms with Crippen molar-refractivity contribution in [3.63, 3.8) is 0 Å². The molecule has 2 aliphatic carbocycles. The minimum absolute atomic E-state index is 0.141. The Balaban J connectivity index is 1.56. The van der Waals surface area contributed by atoms with E-state index in [1.54, 1.807) is 0 Å². The summed E-state index contributed by atoms with van der Waals surface area (Å²) in [5.74, 6) is 0.718. The number of fused-ring (bicyclic) bond motifs is 4. The third kappa shape index (κ3) is 5.89. The number of allylic oxidation sites excluding steroid dienone is 9. The Morgan fingerprint density at radius 1 is 0.824 bits per heavy atom. The summed E-state index contributed by atoms with van der Waals surface area (Å²) < 4.78 is 0. The molecule has 3 unspecified atom stereocenters. The molecule has 0 amide bonds. The molecule has 0 spiro atoms. The number of aryl methyl sites for hydroxylation is 1. The average Bonchev–Trinajstić information content (AvgIpc) is 3.55. The van der Waals surface area contributed by atoms with Crippen LogP contribution in [0.25, 0.3) is 34.4 Å². The van der Waals surface area contributed by atoms with Gasteiger partial charge in [-0.3, -0.25) is 0 Å². The summed E-state index contributed by atoms with van der Waals surface area (Å²) in [6.45, 7) is 30.8. The second-order valence-electron chi connectivity index (χ2n) is 14.9. The molecule has 0 aromatic heterocycles. The molecular formula is C51H54. The van der Waals surface area contributed by atoms with Gasteiger partial charge in [-0.25, -0.2) is 0 Å². The average molecular weight is 667 g/mol. The van der Waals surface area contributed by atoms with Crippen LogP contribution in [0.1, 0.15) is 128 Å². The van der Waals surface area contributed by atoms with E-state index in [1.807, 2.05) is 18.2 Å². The first-order chi connectivity index (χ1) is 24.6. The van der Waals surface area contributed by atoms with Crippen molar-refractivity contribution < 1.29 is 0 Å². The van der Waals surface area contributed by atoms with Crippen molar-refractivity contribution in [2.75, 3.05) is 0 Å². The zero-order valence-corrected chi connectivity index (χ0v) is 32.0. The molecule has 0 fully saturated rings. The highest BCUT2D eigenvalue weighted by molar-refractivity contribution is 5.91. The molecule has 0 saturated heterocycles. The van der Waals surface area contributed by atoms with E-state index in [0.29, 0.717) is 5.92 Å². The molecule has 0 aliphatic heterocycles. The molecule has 2 aliphatic rings. The molecule has 0 heteroatoms. The lowest BCUT2D eigenvalue weighted by molar-refractivity contribution is 0.626.